The van der Waals surface area contributed by atoms with Crippen molar-refractivity contribution in [3.63, 3.8) is 0 Å². The Morgan fingerprint density at radius 1 is 1.07 bits per heavy atom. The van der Waals surface area contributed by atoms with E-state index in [-0.39, 0.29) is 5.92 Å². The van der Waals surface area contributed by atoms with Crippen LogP contribution in [0.1, 0.15) is 55.9 Å². The third-order valence-electron chi connectivity index (χ3n) is 5.23. The third-order valence-corrected chi connectivity index (χ3v) is 5.23. The molecular formula is C19H28N6O2. The Kier molecular flexibility index (Phi) is 5.24. The average Bonchev–Trinajstić information content (AvgIpc) is 3.19. The number of rotatable bonds is 4. The lowest BCUT2D eigenvalue weighted by Gasteiger charge is -2.32. The van der Waals surface area contributed by atoms with Crippen molar-refractivity contribution in [2.75, 3.05) is 49.2 Å². The molecule has 0 unspecified atom stereocenters. The zero-order chi connectivity index (χ0) is 18.8. The fraction of sp³-hybridized carbons (Fsp3) is 0.684. The molecule has 0 aromatic carbocycles. The molecule has 27 heavy (non-hydrogen) atoms. The average molecular weight is 372 g/mol. The standard InChI is InChI=1S/C19H28N6O2/c1-13(2)18-22-19(23-27-18)25-6-4-5-15(12-25)16-11-17(21-14(3)20-16)24-7-9-26-10-8-24/h11,13,15H,4-10,12H2,1-3H3/t15-/m1/s1. The lowest BCUT2D eigenvalue weighted by molar-refractivity contribution is 0.122. The SMILES string of the molecule is Cc1nc([C@@H]2CCCN(c3noc(C(C)C)n3)C2)cc(N2CCOCC2)n1. The molecule has 0 aliphatic carbocycles. The number of ether oxygens (including phenoxy) is 1. The van der Waals surface area contributed by atoms with Gasteiger partial charge in [-0.25, -0.2) is 9.97 Å². The number of piperidine rings is 1. The van der Waals surface area contributed by atoms with Crippen LogP contribution < -0.4 is 9.80 Å². The molecular weight excluding hydrogens is 344 g/mol. The Morgan fingerprint density at radius 2 is 1.89 bits per heavy atom. The van der Waals surface area contributed by atoms with Crippen molar-refractivity contribution >= 4 is 11.8 Å². The quantitative estimate of drug-likeness (QED) is 0.810. The van der Waals surface area contributed by atoms with Crippen LogP contribution in [-0.2, 0) is 4.74 Å². The van der Waals surface area contributed by atoms with Gasteiger partial charge in [0, 0.05) is 44.1 Å². The topological polar surface area (TPSA) is 80.4 Å². The fourth-order valence-corrected chi connectivity index (χ4v) is 3.73. The Labute approximate surface area is 159 Å². The van der Waals surface area contributed by atoms with Gasteiger partial charge in [0.05, 0.1) is 18.9 Å². The van der Waals surface area contributed by atoms with Gasteiger partial charge in [-0.2, -0.15) is 4.98 Å². The molecule has 146 valence electrons. The summed E-state index contributed by atoms with van der Waals surface area (Å²) in [5.41, 5.74) is 1.11. The van der Waals surface area contributed by atoms with E-state index in [0.29, 0.717) is 17.8 Å². The molecule has 2 aliphatic heterocycles. The van der Waals surface area contributed by atoms with E-state index in [1.807, 2.05) is 6.92 Å². The molecule has 0 saturated carbocycles. The van der Waals surface area contributed by atoms with Crippen LogP contribution in [-0.4, -0.2) is 59.5 Å². The molecule has 0 N–H and O–H groups in total. The van der Waals surface area contributed by atoms with Crippen molar-refractivity contribution in [2.45, 2.75) is 45.4 Å². The van der Waals surface area contributed by atoms with Crippen molar-refractivity contribution in [2.24, 2.45) is 0 Å². The number of aryl methyl sites for hydroxylation is 1. The van der Waals surface area contributed by atoms with Gasteiger partial charge < -0.3 is 19.1 Å². The second kappa shape index (κ2) is 7.80. The first-order valence-electron chi connectivity index (χ1n) is 9.87. The van der Waals surface area contributed by atoms with E-state index in [4.69, 9.17) is 14.2 Å². The summed E-state index contributed by atoms with van der Waals surface area (Å²) < 4.78 is 10.9. The zero-order valence-electron chi connectivity index (χ0n) is 16.4. The summed E-state index contributed by atoms with van der Waals surface area (Å²) in [4.78, 5) is 18.5. The van der Waals surface area contributed by atoms with Crippen LogP contribution in [0.2, 0.25) is 0 Å². The predicted molar refractivity (Wildman–Crippen MR) is 102 cm³/mol. The highest BCUT2D eigenvalue weighted by atomic mass is 16.5. The van der Waals surface area contributed by atoms with Gasteiger partial charge in [0.25, 0.3) is 5.95 Å². The minimum Gasteiger partial charge on any atom is -0.378 e. The highest BCUT2D eigenvalue weighted by Gasteiger charge is 2.27. The minimum atomic E-state index is 0.243. The first-order chi connectivity index (χ1) is 13.1. The molecule has 2 aromatic heterocycles. The van der Waals surface area contributed by atoms with Crippen LogP contribution in [0.25, 0.3) is 0 Å². The number of hydrogen-bond donors (Lipinski definition) is 0. The number of anilines is 2. The van der Waals surface area contributed by atoms with Crippen molar-refractivity contribution < 1.29 is 9.26 Å². The summed E-state index contributed by atoms with van der Waals surface area (Å²) >= 11 is 0. The second-order valence-electron chi connectivity index (χ2n) is 7.67. The van der Waals surface area contributed by atoms with Crippen molar-refractivity contribution in [1.29, 1.82) is 0 Å². The van der Waals surface area contributed by atoms with Gasteiger partial charge in [0.1, 0.15) is 11.6 Å². The number of hydrogen-bond acceptors (Lipinski definition) is 8. The van der Waals surface area contributed by atoms with Gasteiger partial charge in [-0.15, -0.1) is 0 Å². The Bertz CT molecular complexity index is 771. The maximum atomic E-state index is 5.47. The maximum absolute atomic E-state index is 5.47. The monoisotopic (exact) mass is 372 g/mol. The molecule has 0 spiro atoms. The normalized spacial score (nSPS) is 21.1. The third kappa shape index (κ3) is 4.05. The van der Waals surface area contributed by atoms with Crippen LogP contribution in [0, 0.1) is 6.92 Å². The van der Waals surface area contributed by atoms with E-state index in [9.17, 15) is 0 Å². The highest BCUT2D eigenvalue weighted by molar-refractivity contribution is 5.42. The van der Waals surface area contributed by atoms with Gasteiger partial charge in [0.15, 0.2) is 0 Å². The van der Waals surface area contributed by atoms with Crippen LogP contribution in [0.3, 0.4) is 0 Å². The molecule has 1 atom stereocenters. The fourth-order valence-electron chi connectivity index (χ4n) is 3.73. The van der Waals surface area contributed by atoms with Crippen LogP contribution in [0.5, 0.6) is 0 Å². The minimum absolute atomic E-state index is 0.243. The molecule has 4 heterocycles. The Balaban J connectivity index is 1.52. The summed E-state index contributed by atoms with van der Waals surface area (Å²) in [6, 6.07) is 2.16. The first-order valence-corrected chi connectivity index (χ1v) is 9.87. The van der Waals surface area contributed by atoms with Gasteiger partial charge in [-0.05, 0) is 24.9 Å². The number of nitrogens with zero attached hydrogens (tertiary/aromatic N) is 6. The summed E-state index contributed by atoms with van der Waals surface area (Å²) in [6.45, 7) is 11.2. The smallest absolute Gasteiger partial charge is 0.266 e. The van der Waals surface area contributed by atoms with Gasteiger partial charge >= 0.3 is 0 Å². The zero-order valence-corrected chi connectivity index (χ0v) is 16.4. The highest BCUT2D eigenvalue weighted by Crippen LogP contribution is 2.30. The van der Waals surface area contributed by atoms with Crippen molar-refractivity contribution in [1.82, 2.24) is 20.1 Å². The molecule has 2 saturated heterocycles. The second-order valence-corrected chi connectivity index (χ2v) is 7.67. The lowest BCUT2D eigenvalue weighted by Crippen LogP contribution is -2.38. The first kappa shape index (κ1) is 18.2. The van der Waals surface area contributed by atoms with E-state index in [0.717, 1.165) is 69.6 Å². The Hall–Kier alpha value is -2.22. The molecule has 4 rings (SSSR count). The number of morpholine rings is 1. The van der Waals surface area contributed by atoms with Crippen molar-refractivity contribution in [3.8, 4) is 0 Å². The van der Waals surface area contributed by atoms with Crippen LogP contribution in [0.4, 0.5) is 11.8 Å². The molecule has 8 nitrogen and oxygen atoms in total. The van der Waals surface area contributed by atoms with Gasteiger partial charge in [0.2, 0.25) is 5.89 Å². The molecule has 2 fully saturated rings. The summed E-state index contributed by atoms with van der Waals surface area (Å²) in [6.07, 6.45) is 2.20. The predicted octanol–water partition coefficient (Wildman–Crippen LogP) is 2.51. The summed E-state index contributed by atoms with van der Waals surface area (Å²) in [5.74, 6) is 3.82. The molecule has 2 aromatic rings. The van der Waals surface area contributed by atoms with Crippen LogP contribution in [0.15, 0.2) is 10.6 Å². The molecule has 0 radical (unpaired) electrons. The molecule has 0 amide bonds. The van der Waals surface area contributed by atoms with Crippen LogP contribution >= 0.6 is 0 Å². The summed E-state index contributed by atoms with van der Waals surface area (Å²) in [7, 11) is 0. The molecule has 0 bridgehead atoms. The largest absolute Gasteiger partial charge is 0.378 e. The van der Waals surface area contributed by atoms with E-state index in [2.05, 4.69) is 44.8 Å². The molecule has 8 heteroatoms. The van der Waals surface area contributed by atoms with Gasteiger partial charge in [-0.3, -0.25) is 0 Å². The Morgan fingerprint density at radius 3 is 2.63 bits per heavy atom. The lowest BCUT2D eigenvalue weighted by atomic mass is 9.94. The molecule has 2 aliphatic rings. The van der Waals surface area contributed by atoms with Gasteiger partial charge in [-0.1, -0.05) is 13.8 Å². The van der Waals surface area contributed by atoms with E-state index >= 15 is 0 Å². The maximum Gasteiger partial charge on any atom is 0.266 e. The van der Waals surface area contributed by atoms with E-state index in [1.165, 1.54) is 0 Å². The van der Waals surface area contributed by atoms with E-state index < -0.39 is 0 Å². The number of aromatic nitrogens is 4. The summed E-state index contributed by atoms with van der Waals surface area (Å²) in [5, 5.41) is 4.18. The van der Waals surface area contributed by atoms with E-state index in [1.54, 1.807) is 0 Å². The van der Waals surface area contributed by atoms with Crippen molar-refractivity contribution in [3.05, 3.63) is 23.5 Å².